The van der Waals surface area contributed by atoms with Gasteiger partial charge in [-0.1, -0.05) is 29.8 Å². The molecule has 1 aliphatic rings. The first-order chi connectivity index (χ1) is 22.3. The van der Waals surface area contributed by atoms with Crippen molar-refractivity contribution in [3.05, 3.63) is 94.0 Å². The van der Waals surface area contributed by atoms with Gasteiger partial charge in [-0.25, -0.2) is 4.98 Å². The summed E-state index contributed by atoms with van der Waals surface area (Å²) >= 11 is 0. The number of Topliss-reactive ketones (excluding diaryl/α,β-unsaturated/α-hetero) is 1. The molecule has 11 heteroatoms. The highest BCUT2D eigenvalue weighted by atomic mass is 16.5. The Hall–Kier alpha value is -5.29. The normalized spacial score (nSPS) is 13.5. The molecule has 1 saturated heterocycles. The van der Waals surface area contributed by atoms with Crippen LogP contribution in [-0.4, -0.2) is 53.0 Å². The Balaban J connectivity index is 1.25. The maximum Gasteiger partial charge on any atom is 0.218 e. The lowest BCUT2D eigenvalue weighted by Crippen LogP contribution is -2.27. The third kappa shape index (κ3) is 6.69. The number of hydrogen-bond acceptors (Lipinski definition) is 10. The number of nitrogen functional groups attached to an aromatic ring is 1. The molecular formula is C35H35N5O6. The smallest absolute Gasteiger partial charge is 0.218 e. The summed E-state index contributed by atoms with van der Waals surface area (Å²) in [6.45, 7) is 3.97. The standard InChI is InChI=1S/C35H35N5O6/c1-21-4-6-23(7-5-21)34-35(42)27(20-40(39-34)19-22-10-12-45-13-11-22)29(41)14-24-8-9-25(18-37-24)46-30-17-33(36)38-28-16-32(44-3)31(43-2)15-26(28)30/h4-9,15-18,20,22H,10-14,19H2,1-3H3,(H2,36,38). The Kier molecular flexibility index (Phi) is 8.93. The lowest BCUT2D eigenvalue weighted by molar-refractivity contribution is 0.0599. The molecule has 0 unspecified atom stereocenters. The molecule has 236 valence electrons. The second kappa shape index (κ2) is 13.4. The Labute approximate surface area is 265 Å². The molecule has 0 saturated carbocycles. The van der Waals surface area contributed by atoms with Crippen molar-refractivity contribution in [3.63, 3.8) is 0 Å². The fourth-order valence-corrected chi connectivity index (χ4v) is 5.51. The number of benzene rings is 2. The first kappa shape index (κ1) is 30.7. The summed E-state index contributed by atoms with van der Waals surface area (Å²) in [7, 11) is 3.10. The zero-order valence-electron chi connectivity index (χ0n) is 26.0. The first-order valence-corrected chi connectivity index (χ1v) is 15.1. The number of nitrogens with zero attached hydrogens (tertiary/aromatic N) is 4. The summed E-state index contributed by atoms with van der Waals surface area (Å²) < 4.78 is 24.2. The lowest BCUT2D eigenvalue weighted by Gasteiger charge is -2.23. The van der Waals surface area contributed by atoms with Gasteiger partial charge in [0.1, 0.15) is 23.0 Å². The average Bonchev–Trinajstić information content (AvgIpc) is 3.06. The molecule has 0 radical (unpaired) electrons. The van der Waals surface area contributed by atoms with Gasteiger partial charge in [0.15, 0.2) is 17.3 Å². The average molecular weight is 622 g/mol. The van der Waals surface area contributed by atoms with Gasteiger partial charge in [-0.05, 0) is 43.9 Å². The van der Waals surface area contributed by atoms with Gasteiger partial charge in [-0.15, -0.1) is 0 Å². The zero-order valence-corrected chi connectivity index (χ0v) is 26.0. The molecule has 5 aromatic rings. The minimum absolute atomic E-state index is 0.0632. The Morgan fingerprint density at radius 2 is 1.74 bits per heavy atom. The van der Waals surface area contributed by atoms with E-state index in [-0.39, 0.29) is 29.3 Å². The van der Waals surface area contributed by atoms with Crippen molar-refractivity contribution in [2.75, 3.05) is 33.2 Å². The van der Waals surface area contributed by atoms with Crippen molar-refractivity contribution in [3.8, 4) is 34.3 Å². The van der Waals surface area contributed by atoms with Gasteiger partial charge in [-0.3, -0.25) is 19.3 Å². The van der Waals surface area contributed by atoms with E-state index in [4.69, 9.17) is 24.7 Å². The molecule has 2 aromatic carbocycles. The zero-order chi connectivity index (χ0) is 32.2. The van der Waals surface area contributed by atoms with E-state index in [0.717, 1.165) is 18.4 Å². The number of aromatic nitrogens is 4. The molecule has 1 fully saturated rings. The number of ether oxygens (including phenoxy) is 4. The van der Waals surface area contributed by atoms with E-state index < -0.39 is 5.43 Å². The van der Waals surface area contributed by atoms with E-state index in [0.29, 0.717) is 70.8 Å². The number of rotatable bonds is 10. The highest BCUT2D eigenvalue weighted by Gasteiger charge is 2.21. The van der Waals surface area contributed by atoms with Gasteiger partial charge in [0, 0.05) is 54.7 Å². The maximum absolute atomic E-state index is 13.6. The second-order valence-corrected chi connectivity index (χ2v) is 11.3. The molecule has 1 aliphatic heterocycles. The fraction of sp³-hybridized carbons (Fsp3) is 0.286. The molecule has 0 bridgehead atoms. The van der Waals surface area contributed by atoms with Gasteiger partial charge in [0.05, 0.1) is 37.9 Å². The second-order valence-electron chi connectivity index (χ2n) is 11.3. The molecule has 6 rings (SSSR count). The summed E-state index contributed by atoms with van der Waals surface area (Å²) in [5.74, 6) is 2.22. The minimum atomic E-state index is -0.397. The molecule has 0 atom stereocenters. The highest BCUT2D eigenvalue weighted by molar-refractivity contribution is 5.97. The molecule has 0 aliphatic carbocycles. The number of ketones is 1. The summed E-state index contributed by atoms with van der Waals surface area (Å²) in [5.41, 5.74) is 8.81. The van der Waals surface area contributed by atoms with Crippen molar-refractivity contribution in [2.24, 2.45) is 5.92 Å². The number of methoxy groups -OCH3 is 2. The van der Waals surface area contributed by atoms with E-state index in [1.165, 1.54) is 6.20 Å². The number of aryl methyl sites for hydroxylation is 1. The van der Waals surface area contributed by atoms with Crippen molar-refractivity contribution in [1.29, 1.82) is 0 Å². The molecule has 3 aromatic heterocycles. The van der Waals surface area contributed by atoms with Crippen molar-refractivity contribution < 1.29 is 23.7 Å². The van der Waals surface area contributed by atoms with Crippen LogP contribution < -0.4 is 25.4 Å². The number of fused-ring (bicyclic) bond motifs is 1. The van der Waals surface area contributed by atoms with E-state index in [9.17, 15) is 9.59 Å². The van der Waals surface area contributed by atoms with Crippen LogP contribution in [0.2, 0.25) is 0 Å². The Morgan fingerprint density at radius 3 is 2.43 bits per heavy atom. The molecule has 11 nitrogen and oxygen atoms in total. The third-order valence-electron chi connectivity index (χ3n) is 8.04. The summed E-state index contributed by atoms with van der Waals surface area (Å²) in [5, 5.41) is 5.34. The van der Waals surface area contributed by atoms with Gasteiger partial charge < -0.3 is 24.7 Å². The van der Waals surface area contributed by atoms with Crippen molar-refractivity contribution in [2.45, 2.75) is 32.7 Å². The van der Waals surface area contributed by atoms with Crippen molar-refractivity contribution >= 4 is 22.5 Å². The molecule has 2 N–H and O–H groups in total. The maximum atomic E-state index is 13.6. The number of nitrogens with two attached hydrogens (primary N) is 1. The largest absolute Gasteiger partial charge is 0.493 e. The SMILES string of the molecule is COc1cc2nc(N)cc(Oc3ccc(CC(=O)c4cn(CC5CCOCC5)nc(-c5ccc(C)cc5)c4=O)nc3)c2cc1OC. The number of carbonyl (C=O) groups is 1. The van der Waals surface area contributed by atoms with Crippen LogP contribution in [0.3, 0.4) is 0 Å². The first-order valence-electron chi connectivity index (χ1n) is 15.1. The van der Waals surface area contributed by atoms with Crippen LogP contribution in [0.15, 0.2) is 71.8 Å². The molecular weight excluding hydrogens is 586 g/mol. The van der Waals surface area contributed by atoms with Gasteiger partial charge >= 0.3 is 0 Å². The highest BCUT2D eigenvalue weighted by Crippen LogP contribution is 2.38. The summed E-state index contributed by atoms with van der Waals surface area (Å²) in [6.07, 6.45) is 4.85. The van der Waals surface area contributed by atoms with Gasteiger partial charge in [-0.2, -0.15) is 5.10 Å². The van der Waals surface area contributed by atoms with Gasteiger partial charge in [0.25, 0.3) is 0 Å². The third-order valence-corrected chi connectivity index (χ3v) is 8.04. The van der Waals surface area contributed by atoms with Crippen LogP contribution >= 0.6 is 0 Å². The number of anilines is 1. The number of carbonyl (C=O) groups excluding carboxylic acids is 1. The molecule has 4 heterocycles. The van der Waals surface area contributed by atoms with Crippen molar-refractivity contribution in [1.82, 2.24) is 19.7 Å². The van der Waals surface area contributed by atoms with Crippen LogP contribution in [0.1, 0.15) is 34.5 Å². The topological polar surface area (TPSA) is 141 Å². The van der Waals surface area contributed by atoms with E-state index in [1.54, 1.807) is 55.4 Å². The van der Waals surface area contributed by atoms with Crippen LogP contribution in [0.25, 0.3) is 22.2 Å². The fourth-order valence-electron chi connectivity index (χ4n) is 5.51. The van der Waals surface area contributed by atoms with Crippen LogP contribution in [0.4, 0.5) is 5.82 Å². The predicted molar refractivity (Wildman–Crippen MR) is 174 cm³/mol. The Morgan fingerprint density at radius 1 is 1.00 bits per heavy atom. The minimum Gasteiger partial charge on any atom is -0.493 e. The summed E-state index contributed by atoms with van der Waals surface area (Å²) in [4.78, 5) is 36.1. The van der Waals surface area contributed by atoms with Crippen LogP contribution in [-0.2, 0) is 17.7 Å². The monoisotopic (exact) mass is 621 g/mol. The van der Waals surface area contributed by atoms with Crippen LogP contribution in [0.5, 0.6) is 23.0 Å². The Bertz CT molecular complexity index is 1930. The lowest BCUT2D eigenvalue weighted by atomic mass is 10.00. The number of hydrogen-bond donors (Lipinski definition) is 1. The summed E-state index contributed by atoms with van der Waals surface area (Å²) in [6, 6.07) is 16.1. The van der Waals surface area contributed by atoms with Gasteiger partial charge in [0.2, 0.25) is 5.43 Å². The van der Waals surface area contributed by atoms with Crippen LogP contribution in [0, 0.1) is 12.8 Å². The molecule has 0 spiro atoms. The molecule has 46 heavy (non-hydrogen) atoms. The predicted octanol–water partition coefficient (Wildman–Crippen LogP) is 5.41. The molecule has 0 amide bonds. The van der Waals surface area contributed by atoms with E-state index in [1.807, 2.05) is 31.2 Å². The number of pyridine rings is 2. The van der Waals surface area contributed by atoms with E-state index in [2.05, 4.69) is 15.1 Å². The quantitative estimate of drug-likeness (QED) is 0.201. The van der Waals surface area contributed by atoms with E-state index >= 15 is 0 Å².